The van der Waals surface area contributed by atoms with Crippen LogP contribution in [-0.4, -0.2) is 80.9 Å². The van der Waals surface area contributed by atoms with E-state index in [-0.39, 0.29) is 6.61 Å². The van der Waals surface area contributed by atoms with Crippen LogP contribution >= 0.6 is 0 Å². The number of unbranched alkanes of at least 4 members (excludes halogenated alkanes) is 27. The molecule has 1 aliphatic heterocycles. The van der Waals surface area contributed by atoms with Gasteiger partial charge in [0.25, 0.3) is 0 Å². The number of carbonyl (C=O) groups is 4. The lowest BCUT2D eigenvalue weighted by Gasteiger charge is -2.44. The summed E-state index contributed by atoms with van der Waals surface area (Å²) in [7, 11) is 0. The van der Waals surface area contributed by atoms with E-state index in [1.54, 1.807) is 0 Å². The van der Waals surface area contributed by atoms with E-state index in [4.69, 9.17) is 28.4 Å². The Morgan fingerprint density at radius 3 is 1.16 bits per heavy atom. The van der Waals surface area contributed by atoms with Crippen LogP contribution in [0, 0.1) is 0 Å². The van der Waals surface area contributed by atoms with Crippen molar-refractivity contribution in [3.8, 4) is 0 Å². The summed E-state index contributed by atoms with van der Waals surface area (Å²) in [5.74, 6) is -2.53. The highest BCUT2D eigenvalue weighted by atomic mass is 16.7. The number of hydrogen-bond donors (Lipinski definition) is 1. The van der Waals surface area contributed by atoms with Crippen molar-refractivity contribution in [1.29, 1.82) is 0 Å². The molecule has 0 aromatic carbocycles. The molecule has 340 valence electrons. The molecule has 5 atom stereocenters. The third-order valence-electron chi connectivity index (χ3n) is 10.9. The maximum Gasteiger partial charge on any atom is 0.303 e. The summed E-state index contributed by atoms with van der Waals surface area (Å²) in [5.41, 5.74) is 0. The molecule has 1 saturated heterocycles. The van der Waals surface area contributed by atoms with Crippen LogP contribution in [0.2, 0.25) is 0 Å². The minimum atomic E-state index is -1.21. The summed E-state index contributed by atoms with van der Waals surface area (Å²) in [4.78, 5) is 47.4. The standard InChI is InChI=1S/C47H87NO10/c1-6-7-8-9-10-11-12-13-14-15-17-20-23-26-29-32-35-48-36-33-30-27-24-21-18-16-19-22-25-28-31-34-37-53-47-46(57-42(5)52)45(56-41(4)51)44(55-40(3)50)43(58-47)38-54-39(2)49/h43-48H,6-38H2,1-5H3/t43-,44-,45+,46+,47+/m1/s1. The number of ether oxygens (including phenoxy) is 6. The fourth-order valence-corrected chi connectivity index (χ4v) is 7.74. The van der Waals surface area contributed by atoms with Gasteiger partial charge < -0.3 is 33.7 Å². The van der Waals surface area contributed by atoms with E-state index < -0.39 is 54.6 Å². The van der Waals surface area contributed by atoms with Gasteiger partial charge in [0.05, 0.1) is 0 Å². The van der Waals surface area contributed by atoms with Gasteiger partial charge in [-0.1, -0.05) is 174 Å². The van der Waals surface area contributed by atoms with Crippen molar-refractivity contribution < 1.29 is 47.6 Å². The Labute approximate surface area is 353 Å². The van der Waals surface area contributed by atoms with Crippen LogP contribution in [0.3, 0.4) is 0 Å². The van der Waals surface area contributed by atoms with E-state index in [0.29, 0.717) is 6.61 Å². The predicted molar refractivity (Wildman–Crippen MR) is 230 cm³/mol. The lowest BCUT2D eigenvalue weighted by molar-refractivity contribution is -0.308. The minimum absolute atomic E-state index is 0.269. The molecule has 0 amide bonds. The molecule has 0 radical (unpaired) electrons. The van der Waals surface area contributed by atoms with Crippen LogP contribution in [0.15, 0.2) is 0 Å². The third kappa shape index (κ3) is 30.8. The summed E-state index contributed by atoms with van der Waals surface area (Å²) in [6, 6.07) is 0. The molecule has 1 fully saturated rings. The molecule has 1 aliphatic rings. The molecule has 0 spiro atoms. The Bertz CT molecular complexity index is 1030. The van der Waals surface area contributed by atoms with Crippen molar-refractivity contribution in [2.45, 2.75) is 252 Å². The molecule has 58 heavy (non-hydrogen) atoms. The summed E-state index contributed by atoms with van der Waals surface area (Å²) < 4.78 is 33.4. The molecule has 0 bridgehead atoms. The van der Waals surface area contributed by atoms with Crippen molar-refractivity contribution >= 4 is 23.9 Å². The zero-order chi connectivity index (χ0) is 42.5. The van der Waals surface area contributed by atoms with Gasteiger partial charge in [-0.2, -0.15) is 0 Å². The van der Waals surface area contributed by atoms with Gasteiger partial charge in [-0.3, -0.25) is 19.2 Å². The normalized spacial score (nSPS) is 19.2. The van der Waals surface area contributed by atoms with Crippen molar-refractivity contribution in [3.05, 3.63) is 0 Å². The Hall–Kier alpha value is -2.24. The average Bonchev–Trinajstić information content (AvgIpc) is 3.17. The van der Waals surface area contributed by atoms with Crippen LogP contribution in [0.25, 0.3) is 0 Å². The molecule has 0 aromatic heterocycles. The topological polar surface area (TPSA) is 136 Å². The van der Waals surface area contributed by atoms with Crippen molar-refractivity contribution in [1.82, 2.24) is 5.32 Å². The molecular weight excluding hydrogens is 739 g/mol. The van der Waals surface area contributed by atoms with Crippen molar-refractivity contribution in [2.75, 3.05) is 26.3 Å². The fraction of sp³-hybridized carbons (Fsp3) is 0.915. The molecule has 0 aromatic rings. The zero-order valence-corrected chi connectivity index (χ0v) is 37.8. The average molecular weight is 826 g/mol. The molecule has 0 unspecified atom stereocenters. The van der Waals surface area contributed by atoms with Gasteiger partial charge in [0.1, 0.15) is 12.7 Å². The molecule has 11 nitrogen and oxygen atoms in total. The van der Waals surface area contributed by atoms with Crippen molar-refractivity contribution in [2.24, 2.45) is 0 Å². The molecule has 11 heteroatoms. The number of nitrogens with one attached hydrogen (secondary N) is 1. The fourth-order valence-electron chi connectivity index (χ4n) is 7.74. The smallest absolute Gasteiger partial charge is 0.303 e. The minimum Gasteiger partial charge on any atom is -0.463 e. The summed E-state index contributed by atoms with van der Waals surface area (Å²) in [6.07, 6.45) is 32.8. The van der Waals surface area contributed by atoms with E-state index >= 15 is 0 Å². The maximum absolute atomic E-state index is 12.0. The largest absolute Gasteiger partial charge is 0.463 e. The summed E-state index contributed by atoms with van der Waals surface area (Å²) in [5, 5.41) is 3.66. The van der Waals surface area contributed by atoms with E-state index in [1.807, 2.05) is 0 Å². The molecule has 0 aliphatic carbocycles. The number of hydrogen-bond acceptors (Lipinski definition) is 11. The Kier molecular flexibility index (Phi) is 35.0. The first-order chi connectivity index (χ1) is 28.1. The van der Waals surface area contributed by atoms with Gasteiger partial charge in [0, 0.05) is 34.3 Å². The summed E-state index contributed by atoms with van der Waals surface area (Å²) >= 11 is 0. The number of rotatable bonds is 39. The second-order valence-corrected chi connectivity index (χ2v) is 16.6. The highest BCUT2D eigenvalue weighted by molar-refractivity contribution is 5.68. The second-order valence-electron chi connectivity index (χ2n) is 16.6. The zero-order valence-electron chi connectivity index (χ0n) is 37.8. The third-order valence-corrected chi connectivity index (χ3v) is 10.9. The van der Waals surface area contributed by atoms with E-state index in [2.05, 4.69) is 12.2 Å². The molecule has 1 heterocycles. The van der Waals surface area contributed by atoms with Crippen LogP contribution in [0.1, 0.15) is 221 Å². The lowest BCUT2D eigenvalue weighted by atomic mass is 9.98. The van der Waals surface area contributed by atoms with Crippen LogP contribution < -0.4 is 5.32 Å². The first kappa shape index (κ1) is 53.8. The second kappa shape index (κ2) is 37.7. The van der Waals surface area contributed by atoms with Gasteiger partial charge in [0.2, 0.25) is 0 Å². The number of carbonyl (C=O) groups excluding carboxylic acids is 4. The van der Waals surface area contributed by atoms with Crippen LogP contribution in [-0.2, 0) is 47.6 Å². The van der Waals surface area contributed by atoms with Crippen LogP contribution in [0.4, 0.5) is 0 Å². The SMILES string of the molecule is CCCCCCCCCCCCCCCCCCNCCCCCCCCCCCCCCCO[C@H]1O[C@H](COC(C)=O)[C@@H](OC(C)=O)[C@H](OC(C)=O)[C@@H]1OC(C)=O. The maximum atomic E-state index is 12.0. The predicted octanol–water partition coefficient (Wildman–Crippen LogP) is 11.0. The van der Waals surface area contributed by atoms with E-state index in [1.165, 1.54) is 208 Å². The van der Waals surface area contributed by atoms with E-state index in [0.717, 1.165) is 19.3 Å². The van der Waals surface area contributed by atoms with Crippen LogP contribution in [0.5, 0.6) is 0 Å². The molecule has 0 saturated carbocycles. The van der Waals surface area contributed by atoms with Gasteiger partial charge in [-0.05, 0) is 32.4 Å². The highest BCUT2D eigenvalue weighted by Crippen LogP contribution is 2.30. The van der Waals surface area contributed by atoms with Gasteiger partial charge in [0.15, 0.2) is 24.6 Å². The van der Waals surface area contributed by atoms with Crippen molar-refractivity contribution in [3.63, 3.8) is 0 Å². The number of esters is 4. The summed E-state index contributed by atoms with van der Waals surface area (Å²) in [6.45, 7) is 9.55. The van der Waals surface area contributed by atoms with E-state index in [9.17, 15) is 19.2 Å². The van der Waals surface area contributed by atoms with Gasteiger partial charge >= 0.3 is 23.9 Å². The first-order valence-corrected chi connectivity index (χ1v) is 23.8. The quantitative estimate of drug-likeness (QED) is 0.0360. The first-order valence-electron chi connectivity index (χ1n) is 23.8. The Balaban J connectivity index is 2.01. The lowest BCUT2D eigenvalue weighted by Crippen LogP contribution is -2.63. The molecular formula is C47H87NO10. The Morgan fingerprint density at radius 2 is 0.776 bits per heavy atom. The Morgan fingerprint density at radius 1 is 0.431 bits per heavy atom. The highest BCUT2D eigenvalue weighted by Gasteiger charge is 2.52. The van der Waals surface area contributed by atoms with Gasteiger partial charge in [-0.15, -0.1) is 0 Å². The molecule has 1 N–H and O–H groups in total. The van der Waals surface area contributed by atoms with Gasteiger partial charge in [-0.25, -0.2) is 0 Å². The monoisotopic (exact) mass is 826 g/mol. The molecule has 1 rings (SSSR count).